The number of hydrogen-bond donors (Lipinski definition) is 1. The minimum absolute atomic E-state index is 0.157. The zero-order chi connectivity index (χ0) is 17.4. The number of amides is 1. The number of nitrogens with one attached hydrogen (secondary N) is 1. The molecule has 0 bridgehead atoms. The van der Waals surface area contributed by atoms with E-state index in [2.05, 4.69) is 17.2 Å². The fraction of sp³-hybridized carbons (Fsp3) is 0.474. The molecule has 2 heterocycles. The molecule has 0 radical (unpaired) electrons. The number of nitrogens with zero attached hydrogens (tertiary/aromatic N) is 2. The van der Waals surface area contributed by atoms with E-state index in [1.54, 1.807) is 18.6 Å². The first-order valence-electron chi connectivity index (χ1n) is 8.91. The second kappa shape index (κ2) is 6.50. The van der Waals surface area contributed by atoms with E-state index in [0.717, 1.165) is 25.0 Å². The molecule has 1 amide bonds. The fourth-order valence-electron chi connectivity index (χ4n) is 3.81. The van der Waals surface area contributed by atoms with Gasteiger partial charge in [-0.05, 0) is 30.9 Å². The zero-order valence-electron chi connectivity index (χ0n) is 14.3. The second-order valence-corrected chi connectivity index (χ2v) is 7.00. The number of halogens is 1. The highest BCUT2D eigenvalue weighted by Gasteiger charge is 2.26. The SMILES string of the molecule is C[C@@H]1CCCC[C@H]1NC(=O)c1cc(F)c2c(c1)-c1cncn1CCO2. The Morgan fingerprint density at radius 2 is 2.20 bits per heavy atom. The first-order chi connectivity index (χ1) is 12.1. The molecule has 0 unspecified atom stereocenters. The molecule has 2 atom stereocenters. The van der Waals surface area contributed by atoms with Crippen LogP contribution >= 0.6 is 0 Å². The van der Waals surface area contributed by atoms with Gasteiger partial charge < -0.3 is 14.6 Å². The van der Waals surface area contributed by atoms with Gasteiger partial charge in [0.1, 0.15) is 6.61 Å². The van der Waals surface area contributed by atoms with Crippen molar-refractivity contribution < 1.29 is 13.9 Å². The van der Waals surface area contributed by atoms with Crippen molar-refractivity contribution in [2.45, 2.75) is 45.2 Å². The number of carbonyl (C=O) groups excluding carboxylic acids is 1. The van der Waals surface area contributed by atoms with Gasteiger partial charge in [-0.25, -0.2) is 9.37 Å². The van der Waals surface area contributed by atoms with Crippen molar-refractivity contribution in [3.8, 4) is 17.0 Å². The van der Waals surface area contributed by atoms with Crippen LogP contribution in [0, 0.1) is 11.7 Å². The van der Waals surface area contributed by atoms with Gasteiger partial charge in [0.15, 0.2) is 11.6 Å². The number of fused-ring (bicyclic) bond motifs is 3. The maximum absolute atomic E-state index is 14.6. The van der Waals surface area contributed by atoms with Crippen LogP contribution in [0.25, 0.3) is 11.3 Å². The molecule has 1 aromatic carbocycles. The summed E-state index contributed by atoms with van der Waals surface area (Å²) in [4.78, 5) is 16.8. The number of hydrogen-bond acceptors (Lipinski definition) is 3. The van der Waals surface area contributed by atoms with Gasteiger partial charge in [0, 0.05) is 17.2 Å². The zero-order valence-corrected chi connectivity index (χ0v) is 14.3. The summed E-state index contributed by atoms with van der Waals surface area (Å²) >= 11 is 0. The summed E-state index contributed by atoms with van der Waals surface area (Å²) in [5, 5.41) is 3.08. The van der Waals surface area contributed by atoms with Crippen LogP contribution in [-0.4, -0.2) is 28.1 Å². The summed E-state index contributed by atoms with van der Waals surface area (Å²) in [6, 6.07) is 3.14. The molecule has 2 aliphatic rings. The molecule has 1 fully saturated rings. The third-order valence-electron chi connectivity index (χ3n) is 5.30. The standard InChI is InChI=1S/C19H22FN3O2/c1-12-4-2-3-5-16(12)22-19(24)13-8-14-17-10-21-11-23(17)6-7-25-18(14)15(20)9-13/h8-12,16H,2-7H2,1H3,(H,22,24)/t12-,16-/m1/s1. The number of carbonyl (C=O) groups is 1. The van der Waals surface area contributed by atoms with E-state index in [1.165, 1.54) is 12.5 Å². The largest absolute Gasteiger partial charge is 0.488 e. The van der Waals surface area contributed by atoms with Crippen molar-refractivity contribution in [2.24, 2.45) is 5.92 Å². The number of rotatable bonds is 2. The van der Waals surface area contributed by atoms with Crippen LogP contribution in [0.2, 0.25) is 0 Å². The predicted molar refractivity (Wildman–Crippen MR) is 92.0 cm³/mol. The van der Waals surface area contributed by atoms with Crippen LogP contribution in [0.5, 0.6) is 5.75 Å². The molecule has 1 aliphatic carbocycles. The van der Waals surface area contributed by atoms with Gasteiger partial charge in [-0.1, -0.05) is 19.8 Å². The highest BCUT2D eigenvalue weighted by atomic mass is 19.1. The molecular formula is C19H22FN3O2. The molecule has 1 aromatic heterocycles. The van der Waals surface area contributed by atoms with Gasteiger partial charge in [-0.3, -0.25) is 4.79 Å². The monoisotopic (exact) mass is 343 g/mol. The van der Waals surface area contributed by atoms with Crippen LogP contribution in [0.1, 0.15) is 43.0 Å². The maximum Gasteiger partial charge on any atom is 0.251 e. The van der Waals surface area contributed by atoms with Crippen LogP contribution in [-0.2, 0) is 6.54 Å². The molecule has 6 heteroatoms. The summed E-state index contributed by atoms with van der Waals surface area (Å²) < 4.78 is 22.1. The normalized spacial score (nSPS) is 22.3. The molecule has 0 saturated heterocycles. The van der Waals surface area contributed by atoms with E-state index < -0.39 is 5.82 Å². The average molecular weight is 343 g/mol. The summed E-state index contributed by atoms with van der Waals surface area (Å²) in [7, 11) is 0. The number of imidazole rings is 1. The summed E-state index contributed by atoms with van der Waals surface area (Å²) in [6.45, 7) is 3.14. The van der Waals surface area contributed by atoms with Gasteiger partial charge >= 0.3 is 0 Å². The van der Waals surface area contributed by atoms with Crippen molar-refractivity contribution in [1.29, 1.82) is 0 Å². The van der Waals surface area contributed by atoms with Gasteiger partial charge in [-0.15, -0.1) is 0 Å². The van der Waals surface area contributed by atoms with E-state index in [-0.39, 0.29) is 17.7 Å². The van der Waals surface area contributed by atoms with Crippen LogP contribution in [0.4, 0.5) is 4.39 Å². The van der Waals surface area contributed by atoms with Crippen LogP contribution < -0.4 is 10.1 Å². The number of ether oxygens (including phenoxy) is 1. The van der Waals surface area contributed by atoms with Crippen molar-refractivity contribution in [1.82, 2.24) is 14.9 Å². The quantitative estimate of drug-likeness (QED) is 0.909. The minimum atomic E-state index is -0.506. The molecule has 1 aliphatic heterocycles. The Bertz CT molecular complexity index is 802. The highest BCUT2D eigenvalue weighted by Crippen LogP contribution is 2.35. The van der Waals surface area contributed by atoms with Crippen LogP contribution in [0.3, 0.4) is 0 Å². The Morgan fingerprint density at radius 1 is 1.36 bits per heavy atom. The van der Waals surface area contributed by atoms with Crippen LogP contribution in [0.15, 0.2) is 24.7 Å². The third-order valence-corrected chi connectivity index (χ3v) is 5.30. The lowest BCUT2D eigenvalue weighted by molar-refractivity contribution is 0.0910. The van der Waals surface area contributed by atoms with Gasteiger partial charge in [-0.2, -0.15) is 0 Å². The van der Waals surface area contributed by atoms with E-state index in [1.807, 2.05) is 4.57 Å². The van der Waals surface area contributed by atoms with Gasteiger partial charge in [0.25, 0.3) is 5.91 Å². The van der Waals surface area contributed by atoms with Crippen molar-refractivity contribution >= 4 is 5.91 Å². The fourth-order valence-corrected chi connectivity index (χ4v) is 3.81. The first-order valence-corrected chi connectivity index (χ1v) is 8.91. The van der Waals surface area contributed by atoms with E-state index in [9.17, 15) is 9.18 Å². The Kier molecular flexibility index (Phi) is 4.19. The number of aromatic nitrogens is 2. The molecule has 4 rings (SSSR count). The molecule has 2 aromatic rings. The van der Waals surface area contributed by atoms with E-state index in [4.69, 9.17) is 4.74 Å². The Labute approximate surface area is 146 Å². The lowest BCUT2D eigenvalue weighted by atomic mass is 9.86. The molecular weight excluding hydrogens is 321 g/mol. The van der Waals surface area contributed by atoms with E-state index >= 15 is 0 Å². The molecule has 0 spiro atoms. The predicted octanol–water partition coefficient (Wildman–Crippen LogP) is 3.39. The first kappa shape index (κ1) is 16.1. The van der Waals surface area contributed by atoms with E-state index in [0.29, 0.717) is 30.2 Å². The van der Waals surface area contributed by atoms with Crippen molar-refractivity contribution in [2.75, 3.05) is 6.61 Å². The smallest absolute Gasteiger partial charge is 0.251 e. The molecule has 1 saturated carbocycles. The Balaban J connectivity index is 1.66. The third kappa shape index (κ3) is 3.01. The highest BCUT2D eigenvalue weighted by molar-refractivity contribution is 5.96. The second-order valence-electron chi connectivity index (χ2n) is 7.00. The number of benzene rings is 1. The lowest BCUT2D eigenvalue weighted by Crippen LogP contribution is -2.41. The average Bonchev–Trinajstić information content (AvgIpc) is 2.99. The molecule has 25 heavy (non-hydrogen) atoms. The van der Waals surface area contributed by atoms with Crippen molar-refractivity contribution in [3.05, 3.63) is 36.0 Å². The Morgan fingerprint density at radius 3 is 3.04 bits per heavy atom. The van der Waals surface area contributed by atoms with Gasteiger partial charge in [0.05, 0.1) is 24.8 Å². The minimum Gasteiger partial charge on any atom is -0.488 e. The summed E-state index contributed by atoms with van der Waals surface area (Å²) in [6.07, 6.45) is 7.82. The summed E-state index contributed by atoms with van der Waals surface area (Å²) in [5.74, 6) is -0.0836. The molecule has 132 valence electrons. The summed E-state index contributed by atoms with van der Waals surface area (Å²) in [5.41, 5.74) is 1.68. The maximum atomic E-state index is 14.6. The van der Waals surface area contributed by atoms with Crippen molar-refractivity contribution in [3.63, 3.8) is 0 Å². The van der Waals surface area contributed by atoms with Gasteiger partial charge in [0.2, 0.25) is 0 Å². The Hall–Kier alpha value is -2.37. The lowest BCUT2D eigenvalue weighted by Gasteiger charge is -2.29. The molecule has 1 N–H and O–H groups in total. The topological polar surface area (TPSA) is 56.2 Å². The molecule has 5 nitrogen and oxygen atoms in total.